The summed E-state index contributed by atoms with van der Waals surface area (Å²) in [6, 6.07) is 8.99. The highest BCUT2D eigenvalue weighted by Gasteiger charge is 2.29. The second-order valence-electron chi connectivity index (χ2n) is 6.74. The smallest absolute Gasteiger partial charge is 0.274 e. The summed E-state index contributed by atoms with van der Waals surface area (Å²) in [7, 11) is -3.48. The highest BCUT2D eigenvalue weighted by Crippen LogP contribution is 2.22. The van der Waals surface area contributed by atoms with Gasteiger partial charge in [-0.15, -0.1) is 11.3 Å². The Bertz CT molecular complexity index is 1070. The van der Waals surface area contributed by atoms with Gasteiger partial charge >= 0.3 is 0 Å². The molecular weight excluding hydrogens is 384 g/mol. The molecule has 2 aromatic heterocycles. The van der Waals surface area contributed by atoms with Crippen molar-refractivity contribution in [2.24, 2.45) is 0 Å². The summed E-state index contributed by atoms with van der Waals surface area (Å²) < 4.78 is 27.8. The molecule has 142 valence electrons. The number of aryl methyl sites for hydroxylation is 1. The normalized spacial score (nSPS) is 16.1. The van der Waals surface area contributed by atoms with Crippen LogP contribution >= 0.6 is 11.3 Å². The predicted octanol–water partition coefficient (Wildman–Crippen LogP) is 2.52. The van der Waals surface area contributed by atoms with E-state index in [1.807, 2.05) is 25.1 Å². The maximum Gasteiger partial charge on any atom is 0.274 e. The standard InChI is InChI=1S/C18H20N4O3S2/c1-12-4-5-15-14(11-12)17(20-19-15)18(23)22-8-6-13(7-9-22)21-27(24,25)16-3-2-10-26-16/h2-5,10-11,13,21H,6-9H2,1H3,(H,19,20). The quantitative estimate of drug-likeness (QED) is 0.698. The van der Waals surface area contributed by atoms with Gasteiger partial charge in [0.25, 0.3) is 5.91 Å². The van der Waals surface area contributed by atoms with Gasteiger partial charge in [-0.05, 0) is 43.3 Å². The van der Waals surface area contributed by atoms with E-state index in [9.17, 15) is 13.2 Å². The fourth-order valence-electron chi connectivity index (χ4n) is 3.33. The number of fused-ring (bicyclic) bond motifs is 1. The van der Waals surface area contributed by atoms with Crippen molar-refractivity contribution in [2.75, 3.05) is 13.1 Å². The number of thiophene rings is 1. The van der Waals surface area contributed by atoms with Gasteiger partial charge < -0.3 is 4.90 Å². The molecule has 0 spiro atoms. The second kappa shape index (κ2) is 7.06. The molecule has 1 aliphatic heterocycles. The summed E-state index contributed by atoms with van der Waals surface area (Å²) in [5, 5.41) is 9.66. The van der Waals surface area contributed by atoms with Crippen LogP contribution in [0.4, 0.5) is 0 Å². The fraction of sp³-hybridized carbons (Fsp3) is 0.333. The minimum atomic E-state index is -3.48. The molecule has 4 rings (SSSR count). The van der Waals surface area contributed by atoms with Gasteiger partial charge in [0.1, 0.15) is 4.21 Å². The van der Waals surface area contributed by atoms with E-state index in [-0.39, 0.29) is 11.9 Å². The molecule has 0 aliphatic carbocycles. The van der Waals surface area contributed by atoms with Crippen molar-refractivity contribution in [1.29, 1.82) is 0 Å². The zero-order chi connectivity index (χ0) is 19.0. The van der Waals surface area contributed by atoms with E-state index < -0.39 is 10.0 Å². The lowest BCUT2D eigenvalue weighted by Gasteiger charge is -2.31. The number of aromatic amines is 1. The van der Waals surface area contributed by atoms with Gasteiger partial charge in [-0.25, -0.2) is 13.1 Å². The van der Waals surface area contributed by atoms with Crippen LogP contribution in [0, 0.1) is 6.92 Å². The highest BCUT2D eigenvalue weighted by molar-refractivity contribution is 7.91. The number of likely N-dealkylation sites (tertiary alicyclic amines) is 1. The third-order valence-corrected chi connectivity index (χ3v) is 7.70. The average molecular weight is 405 g/mol. The van der Waals surface area contributed by atoms with E-state index in [0.29, 0.717) is 35.8 Å². The molecule has 1 saturated heterocycles. The van der Waals surface area contributed by atoms with E-state index in [0.717, 1.165) is 16.5 Å². The fourth-order valence-corrected chi connectivity index (χ4v) is 5.65. The lowest BCUT2D eigenvalue weighted by molar-refractivity contribution is 0.0707. The Labute approximate surface area is 161 Å². The van der Waals surface area contributed by atoms with Crippen LogP contribution < -0.4 is 4.72 Å². The predicted molar refractivity (Wildman–Crippen MR) is 104 cm³/mol. The Morgan fingerprint density at radius 2 is 2.07 bits per heavy atom. The molecule has 0 saturated carbocycles. The van der Waals surface area contributed by atoms with Gasteiger partial charge in [0.2, 0.25) is 10.0 Å². The summed E-state index contributed by atoms with van der Waals surface area (Å²) in [5.74, 6) is -0.119. The SMILES string of the molecule is Cc1ccc2[nH]nc(C(=O)N3CCC(NS(=O)(=O)c4cccs4)CC3)c2c1. The number of rotatable bonds is 4. The number of hydrogen-bond donors (Lipinski definition) is 2. The molecule has 0 unspecified atom stereocenters. The molecule has 0 bridgehead atoms. The number of nitrogens with one attached hydrogen (secondary N) is 2. The Kier molecular flexibility index (Phi) is 4.75. The number of H-pyrrole nitrogens is 1. The molecule has 2 N–H and O–H groups in total. The number of nitrogens with zero attached hydrogens (tertiary/aromatic N) is 2. The van der Waals surface area contributed by atoms with Crippen molar-refractivity contribution in [3.63, 3.8) is 0 Å². The van der Waals surface area contributed by atoms with Crippen LogP contribution in [0.25, 0.3) is 10.9 Å². The molecule has 0 radical (unpaired) electrons. The molecule has 27 heavy (non-hydrogen) atoms. The third-order valence-electron chi connectivity index (χ3n) is 4.78. The number of benzene rings is 1. The topological polar surface area (TPSA) is 95.2 Å². The molecule has 1 amide bonds. The van der Waals surface area contributed by atoms with E-state index in [1.165, 1.54) is 11.3 Å². The van der Waals surface area contributed by atoms with Gasteiger partial charge in [0, 0.05) is 24.5 Å². The lowest BCUT2D eigenvalue weighted by Crippen LogP contribution is -2.46. The molecule has 1 fully saturated rings. The van der Waals surface area contributed by atoms with Crippen molar-refractivity contribution in [3.8, 4) is 0 Å². The molecule has 3 aromatic rings. The van der Waals surface area contributed by atoms with E-state index >= 15 is 0 Å². The Balaban J connectivity index is 1.43. The highest BCUT2D eigenvalue weighted by atomic mass is 32.2. The summed E-state index contributed by atoms with van der Waals surface area (Å²) in [4.78, 5) is 14.6. The number of sulfonamides is 1. The van der Waals surface area contributed by atoms with Crippen molar-refractivity contribution in [1.82, 2.24) is 19.8 Å². The van der Waals surface area contributed by atoms with Crippen LogP contribution in [-0.2, 0) is 10.0 Å². The minimum Gasteiger partial charge on any atom is -0.337 e. The molecular formula is C18H20N4O3S2. The third kappa shape index (κ3) is 3.62. The molecule has 7 nitrogen and oxygen atoms in total. The molecule has 0 atom stereocenters. The monoisotopic (exact) mass is 404 g/mol. The van der Waals surface area contributed by atoms with Gasteiger partial charge in [-0.2, -0.15) is 5.10 Å². The number of amides is 1. The molecule has 1 aliphatic rings. The maximum atomic E-state index is 12.9. The first kappa shape index (κ1) is 18.1. The van der Waals surface area contributed by atoms with Crippen molar-refractivity contribution < 1.29 is 13.2 Å². The maximum absolute atomic E-state index is 12.9. The van der Waals surface area contributed by atoms with Crippen LogP contribution in [0.2, 0.25) is 0 Å². The number of aromatic nitrogens is 2. The zero-order valence-corrected chi connectivity index (χ0v) is 16.4. The number of hydrogen-bond acceptors (Lipinski definition) is 5. The van der Waals surface area contributed by atoms with E-state index in [1.54, 1.807) is 22.4 Å². The second-order valence-corrected chi connectivity index (χ2v) is 9.63. The van der Waals surface area contributed by atoms with Crippen LogP contribution in [0.15, 0.2) is 39.9 Å². The molecule has 3 heterocycles. The summed E-state index contributed by atoms with van der Waals surface area (Å²) >= 11 is 1.20. The first-order chi connectivity index (χ1) is 12.9. The summed E-state index contributed by atoms with van der Waals surface area (Å²) in [5.41, 5.74) is 2.33. The number of carbonyl (C=O) groups excluding carboxylic acids is 1. The van der Waals surface area contributed by atoms with Crippen LogP contribution in [0.3, 0.4) is 0 Å². The summed E-state index contributed by atoms with van der Waals surface area (Å²) in [6.07, 6.45) is 1.16. The first-order valence-corrected chi connectivity index (χ1v) is 11.1. The Morgan fingerprint density at radius 1 is 1.30 bits per heavy atom. The zero-order valence-electron chi connectivity index (χ0n) is 14.8. The summed E-state index contributed by atoms with van der Waals surface area (Å²) in [6.45, 7) is 2.97. The Morgan fingerprint density at radius 3 is 2.78 bits per heavy atom. The van der Waals surface area contributed by atoms with Gasteiger partial charge in [-0.1, -0.05) is 17.7 Å². The first-order valence-electron chi connectivity index (χ1n) is 8.74. The van der Waals surface area contributed by atoms with Gasteiger partial charge in [0.05, 0.1) is 5.52 Å². The van der Waals surface area contributed by atoms with E-state index in [2.05, 4.69) is 14.9 Å². The van der Waals surface area contributed by atoms with E-state index in [4.69, 9.17) is 0 Å². The number of piperidine rings is 1. The van der Waals surface area contributed by atoms with Gasteiger partial charge in [-0.3, -0.25) is 9.89 Å². The van der Waals surface area contributed by atoms with Crippen molar-refractivity contribution in [2.45, 2.75) is 30.0 Å². The van der Waals surface area contributed by atoms with Gasteiger partial charge in [0.15, 0.2) is 5.69 Å². The Hall–Kier alpha value is -2.23. The number of carbonyl (C=O) groups is 1. The lowest BCUT2D eigenvalue weighted by atomic mass is 10.1. The minimum absolute atomic E-state index is 0.119. The van der Waals surface area contributed by atoms with Crippen LogP contribution in [0.1, 0.15) is 28.9 Å². The van der Waals surface area contributed by atoms with Crippen molar-refractivity contribution >= 4 is 38.2 Å². The van der Waals surface area contributed by atoms with Crippen LogP contribution in [-0.4, -0.2) is 48.6 Å². The molecule has 1 aromatic carbocycles. The average Bonchev–Trinajstić information content (AvgIpc) is 3.31. The molecule has 9 heteroatoms. The van der Waals surface area contributed by atoms with Crippen LogP contribution in [0.5, 0.6) is 0 Å². The largest absolute Gasteiger partial charge is 0.337 e. The van der Waals surface area contributed by atoms with Crippen molar-refractivity contribution in [3.05, 3.63) is 47.0 Å².